The highest BCUT2D eigenvalue weighted by molar-refractivity contribution is 7.10. The normalized spacial score (nSPS) is 21.6. The molecule has 168 valence electrons. The summed E-state index contributed by atoms with van der Waals surface area (Å²) in [5.41, 5.74) is 0.332. The molecule has 0 saturated carbocycles. The molecule has 1 spiro atoms. The molecule has 6 nitrogen and oxygen atoms in total. The van der Waals surface area contributed by atoms with Crippen LogP contribution in [0.1, 0.15) is 17.7 Å². The largest absolute Gasteiger partial charge is 0.490 e. The molecule has 1 unspecified atom stereocenters. The molecule has 0 aliphatic carbocycles. The summed E-state index contributed by atoms with van der Waals surface area (Å²) in [6, 6.07) is 4.04. The van der Waals surface area contributed by atoms with Crippen LogP contribution in [0, 0.1) is 11.3 Å². The summed E-state index contributed by atoms with van der Waals surface area (Å²) in [5, 5.41) is 9.15. The van der Waals surface area contributed by atoms with Crippen molar-refractivity contribution in [2.75, 3.05) is 46.9 Å². The summed E-state index contributed by atoms with van der Waals surface area (Å²) in [6.07, 6.45) is 0.736. The van der Waals surface area contributed by atoms with E-state index < -0.39 is 12.1 Å². The first-order valence-electron chi connectivity index (χ1n) is 9.55. The summed E-state index contributed by atoms with van der Waals surface area (Å²) in [6.45, 7) is 4.80. The zero-order chi connectivity index (χ0) is 22.4. The number of alkyl halides is 3. The van der Waals surface area contributed by atoms with Crippen molar-refractivity contribution in [3.05, 3.63) is 28.5 Å². The van der Waals surface area contributed by atoms with E-state index in [-0.39, 0.29) is 5.91 Å². The SMILES string of the molecule is COCC1CN(C)CC12CCN(C(=O)/C=C/c1cccs1)CC2.O=C(O)C(F)(F)F. The van der Waals surface area contributed by atoms with Crippen molar-refractivity contribution in [1.29, 1.82) is 0 Å². The third-order valence-electron chi connectivity index (χ3n) is 5.60. The molecule has 30 heavy (non-hydrogen) atoms. The Kier molecular flexibility index (Phi) is 8.45. The Labute approximate surface area is 177 Å². The smallest absolute Gasteiger partial charge is 0.475 e. The second kappa shape index (κ2) is 10.4. The third-order valence-corrected chi connectivity index (χ3v) is 6.44. The quantitative estimate of drug-likeness (QED) is 0.717. The Morgan fingerprint density at radius 2 is 2.00 bits per heavy atom. The number of methoxy groups -OCH3 is 1. The molecule has 1 N–H and O–H groups in total. The second-order valence-corrected chi connectivity index (χ2v) is 8.67. The molecule has 0 bridgehead atoms. The third kappa shape index (κ3) is 6.55. The number of carboxylic acid groups (broad SMARTS) is 1. The van der Waals surface area contributed by atoms with Gasteiger partial charge in [0.05, 0.1) is 6.61 Å². The van der Waals surface area contributed by atoms with E-state index >= 15 is 0 Å². The van der Waals surface area contributed by atoms with Gasteiger partial charge in [0.25, 0.3) is 0 Å². The van der Waals surface area contributed by atoms with Gasteiger partial charge in [-0.2, -0.15) is 13.2 Å². The van der Waals surface area contributed by atoms with Crippen LogP contribution in [0.25, 0.3) is 6.08 Å². The van der Waals surface area contributed by atoms with Gasteiger partial charge in [0, 0.05) is 50.2 Å². The number of aliphatic carboxylic acids is 1. The number of hydrogen-bond donors (Lipinski definition) is 1. The average Bonchev–Trinajstić information content (AvgIpc) is 3.29. The highest BCUT2D eigenvalue weighted by Crippen LogP contribution is 2.44. The fourth-order valence-electron chi connectivity index (χ4n) is 4.12. The van der Waals surface area contributed by atoms with E-state index in [1.807, 2.05) is 28.5 Å². The van der Waals surface area contributed by atoms with Gasteiger partial charge in [-0.3, -0.25) is 4.79 Å². The maximum absolute atomic E-state index is 12.4. The number of halogens is 3. The number of nitrogens with zero attached hydrogens (tertiary/aromatic N) is 2. The number of ether oxygens (including phenoxy) is 1. The number of amides is 1. The fourth-order valence-corrected chi connectivity index (χ4v) is 4.73. The molecular formula is C20H27F3N2O4S. The number of rotatable bonds is 4. The predicted molar refractivity (Wildman–Crippen MR) is 108 cm³/mol. The zero-order valence-corrected chi connectivity index (χ0v) is 17.8. The number of likely N-dealkylation sites (tertiary alicyclic amines) is 2. The van der Waals surface area contributed by atoms with Crippen molar-refractivity contribution in [1.82, 2.24) is 9.80 Å². The van der Waals surface area contributed by atoms with Gasteiger partial charge < -0.3 is 19.6 Å². The van der Waals surface area contributed by atoms with Crippen LogP contribution in [0.15, 0.2) is 23.6 Å². The average molecular weight is 449 g/mol. The van der Waals surface area contributed by atoms with Gasteiger partial charge in [0.15, 0.2) is 0 Å². The van der Waals surface area contributed by atoms with E-state index in [4.69, 9.17) is 14.6 Å². The first kappa shape index (κ1) is 24.4. The van der Waals surface area contributed by atoms with E-state index in [0.29, 0.717) is 11.3 Å². The number of carbonyl (C=O) groups excluding carboxylic acids is 1. The number of piperidine rings is 1. The lowest BCUT2D eigenvalue weighted by atomic mass is 9.71. The van der Waals surface area contributed by atoms with E-state index in [1.165, 1.54) is 0 Å². The molecule has 2 saturated heterocycles. The molecule has 2 aliphatic rings. The number of carbonyl (C=O) groups is 2. The van der Waals surface area contributed by atoms with Gasteiger partial charge >= 0.3 is 12.1 Å². The molecule has 3 heterocycles. The summed E-state index contributed by atoms with van der Waals surface area (Å²) >= 11 is 1.66. The Hall–Kier alpha value is -1.91. The second-order valence-electron chi connectivity index (χ2n) is 7.69. The first-order chi connectivity index (χ1) is 14.1. The van der Waals surface area contributed by atoms with Crippen molar-refractivity contribution in [2.45, 2.75) is 19.0 Å². The zero-order valence-electron chi connectivity index (χ0n) is 17.0. The topological polar surface area (TPSA) is 70.1 Å². The van der Waals surface area contributed by atoms with E-state index in [9.17, 15) is 18.0 Å². The van der Waals surface area contributed by atoms with E-state index in [2.05, 4.69) is 11.9 Å². The molecule has 1 amide bonds. The van der Waals surface area contributed by atoms with Crippen LogP contribution in [0.3, 0.4) is 0 Å². The molecular weight excluding hydrogens is 421 g/mol. The molecule has 10 heteroatoms. The first-order valence-corrected chi connectivity index (χ1v) is 10.4. The van der Waals surface area contributed by atoms with Crippen molar-refractivity contribution < 1.29 is 32.6 Å². The number of thiophene rings is 1. The summed E-state index contributed by atoms with van der Waals surface area (Å²) in [5.74, 6) is -2.02. The minimum atomic E-state index is -5.08. The molecule has 0 radical (unpaired) electrons. The van der Waals surface area contributed by atoms with Crippen LogP contribution in [-0.4, -0.2) is 79.9 Å². The monoisotopic (exact) mass is 448 g/mol. The molecule has 1 aromatic heterocycles. The van der Waals surface area contributed by atoms with Crippen LogP contribution in [0.5, 0.6) is 0 Å². The van der Waals surface area contributed by atoms with Gasteiger partial charge in [-0.05, 0) is 42.8 Å². The van der Waals surface area contributed by atoms with E-state index in [1.54, 1.807) is 24.5 Å². The number of carboxylic acids is 1. The lowest BCUT2D eigenvalue weighted by Gasteiger charge is -2.42. The maximum atomic E-state index is 12.4. The Morgan fingerprint density at radius 1 is 1.37 bits per heavy atom. The maximum Gasteiger partial charge on any atom is 0.490 e. The van der Waals surface area contributed by atoms with Gasteiger partial charge in [0.2, 0.25) is 5.91 Å². The van der Waals surface area contributed by atoms with Crippen molar-refractivity contribution in [3.8, 4) is 0 Å². The Morgan fingerprint density at radius 3 is 2.50 bits per heavy atom. The summed E-state index contributed by atoms with van der Waals surface area (Å²) < 4.78 is 37.2. The van der Waals surface area contributed by atoms with Crippen molar-refractivity contribution in [2.24, 2.45) is 11.3 Å². The molecule has 1 aromatic rings. The van der Waals surface area contributed by atoms with Crippen LogP contribution in [0.2, 0.25) is 0 Å². The van der Waals surface area contributed by atoms with Gasteiger partial charge in [-0.25, -0.2) is 4.79 Å². The Balaban J connectivity index is 0.000000396. The van der Waals surface area contributed by atoms with Crippen LogP contribution >= 0.6 is 11.3 Å². The van der Waals surface area contributed by atoms with Crippen molar-refractivity contribution >= 4 is 29.3 Å². The predicted octanol–water partition coefficient (Wildman–Crippen LogP) is 3.21. The fraction of sp³-hybridized carbons (Fsp3) is 0.600. The molecule has 3 rings (SSSR count). The summed E-state index contributed by atoms with van der Waals surface area (Å²) in [4.78, 5) is 26.8. The van der Waals surface area contributed by atoms with E-state index in [0.717, 1.165) is 50.5 Å². The lowest BCUT2D eigenvalue weighted by molar-refractivity contribution is -0.192. The van der Waals surface area contributed by atoms with Gasteiger partial charge in [-0.15, -0.1) is 11.3 Å². The molecule has 1 atom stereocenters. The minimum Gasteiger partial charge on any atom is -0.475 e. The summed E-state index contributed by atoms with van der Waals surface area (Å²) in [7, 11) is 3.98. The van der Waals surface area contributed by atoms with Gasteiger partial charge in [-0.1, -0.05) is 6.07 Å². The van der Waals surface area contributed by atoms with Crippen LogP contribution < -0.4 is 0 Å². The van der Waals surface area contributed by atoms with Crippen LogP contribution in [0.4, 0.5) is 13.2 Å². The molecule has 2 aliphatic heterocycles. The van der Waals surface area contributed by atoms with Crippen molar-refractivity contribution in [3.63, 3.8) is 0 Å². The molecule has 2 fully saturated rings. The van der Waals surface area contributed by atoms with Crippen LogP contribution in [-0.2, 0) is 14.3 Å². The standard InChI is InChI=1S/C18H26N2O2S.C2HF3O2/c1-19-12-15(13-22-2)18(14-19)7-9-20(10-8-18)17(21)6-5-16-4-3-11-23-16;3-2(4,5)1(6)7/h3-6,11,15H,7-10,12-14H2,1-2H3;(H,6,7)/b6-5+;. The lowest BCUT2D eigenvalue weighted by Crippen LogP contribution is -2.46. The van der Waals surface area contributed by atoms with Gasteiger partial charge in [0.1, 0.15) is 0 Å². The minimum absolute atomic E-state index is 0.142. The Bertz CT molecular complexity index is 729. The highest BCUT2D eigenvalue weighted by atomic mass is 32.1. The highest BCUT2D eigenvalue weighted by Gasteiger charge is 2.47. The molecule has 0 aromatic carbocycles. The number of hydrogen-bond acceptors (Lipinski definition) is 5.